The first-order valence-electron chi connectivity index (χ1n) is 7.69. The highest BCUT2D eigenvalue weighted by Gasteiger charge is 2.37. The predicted molar refractivity (Wildman–Crippen MR) is 82.3 cm³/mol. The van der Waals surface area contributed by atoms with Gasteiger partial charge in [0.15, 0.2) is 0 Å². The Kier molecular flexibility index (Phi) is 5.73. The van der Waals surface area contributed by atoms with E-state index in [1.54, 1.807) is 0 Å². The van der Waals surface area contributed by atoms with Crippen LogP contribution >= 0.6 is 0 Å². The van der Waals surface area contributed by atoms with E-state index in [9.17, 15) is 14.4 Å². The van der Waals surface area contributed by atoms with Gasteiger partial charge in [-0.3, -0.25) is 9.69 Å². The second kappa shape index (κ2) is 7.76. The summed E-state index contributed by atoms with van der Waals surface area (Å²) in [6, 6.07) is 8.55. The second-order valence-corrected chi connectivity index (χ2v) is 5.93. The van der Waals surface area contributed by atoms with Crippen molar-refractivity contribution in [3.05, 3.63) is 35.9 Å². The van der Waals surface area contributed by atoms with Gasteiger partial charge in [-0.2, -0.15) is 0 Å². The van der Waals surface area contributed by atoms with E-state index in [2.05, 4.69) is 4.74 Å². The molecule has 1 aliphatic rings. The summed E-state index contributed by atoms with van der Waals surface area (Å²) in [7, 11) is 0. The third-order valence-electron chi connectivity index (χ3n) is 3.49. The molecule has 1 aromatic rings. The number of hydrogen-bond acceptors (Lipinski definition) is 5. The van der Waals surface area contributed by atoms with Crippen LogP contribution in [0.1, 0.15) is 32.3 Å². The van der Waals surface area contributed by atoms with Crippen molar-refractivity contribution in [1.29, 1.82) is 0 Å². The lowest BCUT2D eigenvalue weighted by Crippen LogP contribution is -2.50. The molecule has 1 aliphatic heterocycles. The maximum atomic E-state index is 12.4. The van der Waals surface area contributed by atoms with Crippen molar-refractivity contribution in [1.82, 2.24) is 4.90 Å². The molecule has 0 saturated carbocycles. The topological polar surface area (TPSA) is 72.9 Å². The average molecular weight is 319 g/mol. The normalized spacial score (nSPS) is 17.8. The molecule has 6 heteroatoms. The van der Waals surface area contributed by atoms with Crippen LogP contribution in [0, 0.1) is 5.92 Å². The molecule has 1 heterocycles. The fourth-order valence-electron chi connectivity index (χ4n) is 2.41. The Bertz CT molecular complexity index is 570. The Hall–Kier alpha value is -2.37. The lowest BCUT2D eigenvalue weighted by Gasteiger charge is -2.32. The van der Waals surface area contributed by atoms with Crippen LogP contribution in [0.2, 0.25) is 0 Å². The number of hydrogen-bond donors (Lipinski definition) is 0. The van der Waals surface area contributed by atoms with Gasteiger partial charge in [0.05, 0.1) is 0 Å². The lowest BCUT2D eigenvalue weighted by molar-refractivity contribution is -0.168. The van der Waals surface area contributed by atoms with Crippen LogP contribution in [0.25, 0.3) is 0 Å². The summed E-state index contributed by atoms with van der Waals surface area (Å²) in [6.45, 7) is 4.38. The molecular formula is C17H21NO5. The zero-order chi connectivity index (χ0) is 16.8. The van der Waals surface area contributed by atoms with Crippen molar-refractivity contribution in [2.24, 2.45) is 5.92 Å². The number of benzene rings is 1. The number of amides is 1. The molecule has 23 heavy (non-hydrogen) atoms. The Labute approximate surface area is 135 Å². The lowest BCUT2D eigenvalue weighted by atomic mass is 10.1. The molecule has 0 aromatic heterocycles. The van der Waals surface area contributed by atoms with Gasteiger partial charge in [0.1, 0.15) is 12.6 Å². The first-order valence-corrected chi connectivity index (χ1v) is 7.69. The highest BCUT2D eigenvalue weighted by atomic mass is 16.6. The monoisotopic (exact) mass is 319 g/mol. The van der Waals surface area contributed by atoms with Crippen LogP contribution < -0.4 is 0 Å². The average Bonchev–Trinajstić information content (AvgIpc) is 2.51. The van der Waals surface area contributed by atoms with Gasteiger partial charge in [-0.25, -0.2) is 9.59 Å². The summed E-state index contributed by atoms with van der Waals surface area (Å²) in [5.74, 6) is -1.07. The van der Waals surface area contributed by atoms with E-state index in [0.717, 1.165) is 5.56 Å². The van der Waals surface area contributed by atoms with Crippen molar-refractivity contribution < 1.29 is 23.9 Å². The summed E-state index contributed by atoms with van der Waals surface area (Å²) in [4.78, 5) is 36.8. The molecule has 1 fully saturated rings. The van der Waals surface area contributed by atoms with Gasteiger partial charge in [-0.1, -0.05) is 44.2 Å². The summed E-state index contributed by atoms with van der Waals surface area (Å²) in [6.07, 6.45) is -0.180. The molecule has 0 radical (unpaired) electrons. The summed E-state index contributed by atoms with van der Waals surface area (Å²) in [5, 5.41) is 0. The quantitative estimate of drug-likeness (QED) is 0.616. The van der Waals surface area contributed by atoms with Crippen molar-refractivity contribution in [3.8, 4) is 0 Å². The minimum Gasteiger partial charge on any atom is -0.445 e. The van der Waals surface area contributed by atoms with E-state index in [0.29, 0.717) is 6.54 Å². The summed E-state index contributed by atoms with van der Waals surface area (Å²) >= 11 is 0. The number of carbonyl (C=O) groups is 3. The highest BCUT2D eigenvalue weighted by Crippen LogP contribution is 2.19. The van der Waals surface area contributed by atoms with Crippen LogP contribution in [0.5, 0.6) is 0 Å². The molecule has 1 aromatic carbocycles. The maximum absolute atomic E-state index is 12.4. The van der Waals surface area contributed by atoms with E-state index in [1.807, 2.05) is 44.2 Å². The zero-order valence-corrected chi connectivity index (χ0v) is 13.4. The number of carbonyl (C=O) groups excluding carboxylic acids is 3. The first-order chi connectivity index (χ1) is 11.0. The van der Waals surface area contributed by atoms with E-state index < -0.39 is 24.1 Å². The molecule has 0 N–H and O–H groups in total. The van der Waals surface area contributed by atoms with Crippen molar-refractivity contribution in [2.45, 2.75) is 39.3 Å². The van der Waals surface area contributed by atoms with Crippen LogP contribution in [0.3, 0.4) is 0 Å². The van der Waals surface area contributed by atoms with E-state index in [1.165, 1.54) is 4.90 Å². The number of nitrogens with zero attached hydrogens (tertiary/aromatic N) is 1. The summed E-state index contributed by atoms with van der Waals surface area (Å²) < 4.78 is 9.96. The molecule has 124 valence electrons. The number of cyclic esters (lactones) is 2. The molecule has 1 saturated heterocycles. The minimum atomic E-state index is -0.765. The third kappa shape index (κ3) is 4.81. The molecule has 0 unspecified atom stereocenters. The number of ether oxygens (including phenoxy) is 2. The smallest absolute Gasteiger partial charge is 0.410 e. The van der Waals surface area contributed by atoms with Crippen molar-refractivity contribution >= 4 is 18.0 Å². The fraction of sp³-hybridized carbons (Fsp3) is 0.471. The van der Waals surface area contributed by atoms with Gasteiger partial charge in [-0.15, -0.1) is 0 Å². The number of esters is 2. The Balaban J connectivity index is 2.03. The van der Waals surface area contributed by atoms with Crippen molar-refractivity contribution in [3.63, 3.8) is 0 Å². The van der Waals surface area contributed by atoms with Crippen LogP contribution in [0.4, 0.5) is 4.79 Å². The molecule has 1 atom stereocenters. The van der Waals surface area contributed by atoms with Gasteiger partial charge >= 0.3 is 18.0 Å². The molecular weight excluding hydrogens is 298 g/mol. The molecule has 1 amide bonds. The fourth-order valence-corrected chi connectivity index (χ4v) is 2.41. The van der Waals surface area contributed by atoms with Crippen molar-refractivity contribution in [2.75, 3.05) is 6.54 Å². The van der Waals surface area contributed by atoms with Crippen LogP contribution in [0.15, 0.2) is 30.3 Å². The second-order valence-electron chi connectivity index (χ2n) is 5.93. The Morgan fingerprint density at radius 1 is 1.30 bits per heavy atom. The zero-order valence-electron chi connectivity index (χ0n) is 13.4. The van der Waals surface area contributed by atoms with Crippen LogP contribution in [-0.4, -0.2) is 35.5 Å². The predicted octanol–water partition coefficient (Wildman–Crippen LogP) is 2.51. The molecule has 6 nitrogen and oxygen atoms in total. The van der Waals surface area contributed by atoms with Gasteiger partial charge in [0, 0.05) is 13.0 Å². The largest absolute Gasteiger partial charge is 0.445 e. The standard InChI is InChI=1S/C17H21NO5/c1-12(2)10-18(14-8-9-15(19)23-16(14)20)17(21)22-11-13-6-4-3-5-7-13/h3-7,12,14H,8-11H2,1-2H3/t14-/m0/s1. The molecule has 0 spiro atoms. The van der Waals surface area contributed by atoms with E-state index in [4.69, 9.17) is 4.74 Å². The maximum Gasteiger partial charge on any atom is 0.410 e. The first kappa shape index (κ1) is 17.0. The van der Waals surface area contributed by atoms with Gasteiger partial charge < -0.3 is 9.47 Å². The van der Waals surface area contributed by atoms with Gasteiger partial charge in [0.25, 0.3) is 0 Å². The SMILES string of the molecule is CC(C)CN(C(=O)OCc1ccccc1)[C@H]1CCC(=O)OC1=O. The number of rotatable bonds is 5. The summed E-state index contributed by atoms with van der Waals surface area (Å²) in [5.41, 5.74) is 0.867. The van der Waals surface area contributed by atoms with E-state index in [-0.39, 0.29) is 25.4 Å². The van der Waals surface area contributed by atoms with Gasteiger partial charge in [-0.05, 0) is 17.9 Å². The van der Waals surface area contributed by atoms with E-state index >= 15 is 0 Å². The van der Waals surface area contributed by atoms with Crippen LogP contribution in [-0.2, 0) is 25.7 Å². The minimum absolute atomic E-state index is 0.122. The van der Waals surface area contributed by atoms with Gasteiger partial charge in [0.2, 0.25) is 0 Å². The highest BCUT2D eigenvalue weighted by molar-refractivity contribution is 5.93. The molecule has 0 bridgehead atoms. The Morgan fingerprint density at radius 3 is 2.61 bits per heavy atom. The molecule has 2 rings (SSSR count). The Morgan fingerprint density at radius 2 is 2.00 bits per heavy atom. The molecule has 0 aliphatic carbocycles. The third-order valence-corrected chi connectivity index (χ3v) is 3.49.